The van der Waals surface area contributed by atoms with E-state index in [0.717, 1.165) is 76.7 Å². The third-order valence-corrected chi connectivity index (χ3v) is 20.4. The molecule has 3 fully saturated rings. The van der Waals surface area contributed by atoms with Crippen molar-refractivity contribution >= 4 is 42.5 Å². The first-order chi connectivity index (χ1) is 47.9. The van der Waals surface area contributed by atoms with Crippen LogP contribution in [0.3, 0.4) is 0 Å². The van der Waals surface area contributed by atoms with E-state index < -0.39 is 14.0 Å². The number of aromatic nitrogens is 6. The summed E-state index contributed by atoms with van der Waals surface area (Å²) in [7, 11) is -1.33. The molecule has 12 nitrogen and oxygen atoms in total. The van der Waals surface area contributed by atoms with Crippen LogP contribution < -0.4 is 5.46 Å². The molecule has 0 aliphatic carbocycles. The highest BCUT2D eigenvalue weighted by atomic mass is 79.9. The summed E-state index contributed by atoms with van der Waals surface area (Å²) in [4.78, 5) is 29.3. The number of halogens is 1. The molecule has 12 aromatic rings. The van der Waals surface area contributed by atoms with Gasteiger partial charge in [0.05, 0.1) is 33.6 Å². The summed E-state index contributed by atoms with van der Waals surface area (Å²) >= 11 is 3.51. The van der Waals surface area contributed by atoms with Crippen LogP contribution in [0.2, 0.25) is 0 Å². The maximum Gasteiger partial charge on any atom is 0.494 e. The average molecular weight is 1380 g/mol. The lowest BCUT2D eigenvalue weighted by molar-refractivity contribution is 0.00578. The molecule has 16 heteroatoms. The first-order valence-corrected chi connectivity index (χ1v) is 34.7. The van der Waals surface area contributed by atoms with Gasteiger partial charge in [0.1, 0.15) is 0 Å². The van der Waals surface area contributed by atoms with E-state index in [0.29, 0.717) is 34.9 Å². The summed E-state index contributed by atoms with van der Waals surface area (Å²) in [6, 6.07) is 91.0. The van der Waals surface area contributed by atoms with E-state index in [2.05, 4.69) is 238 Å². The highest BCUT2D eigenvalue weighted by Crippen LogP contribution is 2.44. The third kappa shape index (κ3) is 15.2. The summed E-state index contributed by atoms with van der Waals surface area (Å²) in [5.41, 5.74) is 13.7. The fourth-order valence-electron chi connectivity index (χ4n) is 11.7. The summed E-state index contributed by atoms with van der Waals surface area (Å²) in [6.07, 6.45) is 0. The molecular formula is C84H80B3BrN6O6. The molecule has 5 heterocycles. The minimum Gasteiger partial charge on any atom is -0.405 e. The third-order valence-electron chi connectivity index (χ3n) is 19.8. The Bertz CT molecular complexity index is 4690. The molecule has 100 heavy (non-hydrogen) atoms. The van der Waals surface area contributed by atoms with Crippen molar-refractivity contribution in [2.75, 3.05) is 0 Å². The second-order valence-electron chi connectivity index (χ2n) is 28.4. The van der Waals surface area contributed by atoms with Crippen LogP contribution in [0, 0.1) is 0 Å². The van der Waals surface area contributed by atoms with E-state index >= 15 is 0 Å². The van der Waals surface area contributed by atoms with Gasteiger partial charge in [0.25, 0.3) is 0 Å². The SMILES string of the molecule is Brc1ccc(-c2ccc(-c3nc(-c4ccccc4)nc(-c4ccc(-c5ccccc5)cc4)n3)cc2)cc1.CC1(C)OB(B2OC(C)(C)C(C)(C)O2)OC1(C)C.CC1(C)OB(c2ccc(-c3ccc(-c4nc(-c5ccccc5)nc(-c5ccc(-c6ccccc6)cc5)n4)cc3)cc2)OC1(C)C. The topological polar surface area (TPSA) is 133 Å². The van der Waals surface area contributed by atoms with Gasteiger partial charge in [-0.3, -0.25) is 0 Å². The zero-order valence-corrected chi connectivity index (χ0v) is 60.2. The maximum atomic E-state index is 6.23. The molecule has 0 bridgehead atoms. The molecule has 10 aromatic carbocycles. The Morgan fingerprint density at radius 3 is 0.620 bits per heavy atom. The van der Waals surface area contributed by atoms with Crippen molar-refractivity contribution in [2.45, 2.75) is 117 Å². The first kappa shape index (κ1) is 69.1. The van der Waals surface area contributed by atoms with Gasteiger partial charge in [-0.25, -0.2) is 29.9 Å². The van der Waals surface area contributed by atoms with Gasteiger partial charge in [-0.1, -0.05) is 271 Å². The molecule has 3 saturated heterocycles. The van der Waals surface area contributed by atoms with Gasteiger partial charge in [-0.2, -0.15) is 0 Å². The average Bonchev–Trinajstić information content (AvgIpc) is 1.58. The standard InChI is InChI=1S/C39H34BN3O2.C33H22BrN3.C12H24B2O4/c1-38(2)39(3,4)45-40(44-38)34-25-23-30(24-26-34)29-17-21-33(22-18-29)37-42-35(31-13-9-6-10-14-31)41-36(43-37)32-19-15-28(16-20-32)27-11-7-5-8-12-27;34-30-21-19-26(20-22-30)25-13-17-29(18-14-25)33-36-31(27-9-5-2-6-10-27)35-32(37-33)28-15-11-24(12-16-28)23-7-3-1-4-8-23;1-9(2)10(3,4)16-13(15-9)14-17-11(5,6)12(7,8)18-14/h5-26H,1-4H3;1-22H;1-8H3. The lowest BCUT2D eigenvalue weighted by Gasteiger charge is -2.32. The Hall–Kier alpha value is -9.35. The van der Waals surface area contributed by atoms with Crippen LogP contribution in [0.5, 0.6) is 0 Å². The molecule has 2 aromatic heterocycles. The normalized spacial score (nSPS) is 16.6. The summed E-state index contributed by atoms with van der Waals surface area (Å²) in [5, 5.41) is 0. The highest BCUT2D eigenvalue weighted by Gasteiger charge is 2.64. The van der Waals surface area contributed by atoms with E-state index in [1.165, 1.54) is 11.1 Å². The number of rotatable bonds is 12. The lowest BCUT2D eigenvalue weighted by Crippen LogP contribution is -2.41. The van der Waals surface area contributed by atoms with Crippen LogP contribution in [0.15, 0.2) is 271 Å². The molecule has 498 valence electrons. The van der Waals surface area contributed by atoms with Gasteiger partial charge in [0, 0.05) is 37.9 Å². The summed E-state index contributed by atoms with van der Waals surface area (Å²) in [5.74, 6) is 3.88. The van der Waals surface area contributed by atoms with E-state index in [9.17, 15) is 0 Å². The minimum absolute atomic E-state index is 0.360. The van der Waals surface area contributed by atoms with Crippen molar-refractivity contribution < 1.29 is 27.9 Å². The van der Waals surface area contributed by atoms with E-state index in [1.807, 2.05) is 128 Å². The molecule has 3 aliphatic heterocycles. The van der Waals surface area contributed by atoms with Crippen molar-refractivity contribution in [3.05, 3.63) is 271 Å². The molecule has 0 spiro atoms. The molecule has 0 amide bonds. The van der Waals surface area contributed by atoms with Crippen LogP contribution in [0.25, 0.3) is 113 Å². The monoisotopic (exact) mass is 1380 g/mol. The number of hydrogen-bond acceptors (Lipinski definition) is 12. The van der Waals surface area contributed by atoms with Gasteiger partial charge in [-0.15, -0.1) is 0 Å². The molecule has 0 N–H and O–H groups in total. The summed E-state index contributed by atoms with van der Waals surface area (Å²) in [6.45, 7) is 24.5. The molecule has 0 radical (unpaired) electrons. The van der Waals surface area contributed by atoms with Crippen LogP contribution in [0.4, 0.5) is 0 Å². The van der Waals surface area contributed by atoms with Crippen molar-refractivity contribution in [1.82, 2.24) is 29.9 Å². The molecule has 3 aliphatic rings. The fraction of sp³-hybridized carbons (Fsp3) is 0.214. The highest BCUT2D eigenvalue weighted by molar-refractivity contribution is 9.10. The zero-order chi connectivity index (χ0) is 70.0. The van der Waals surface area contributed by atoms with Crippen LogP contribution in [-0.2, 0) is 27.9 Å². The van der Waals surface area contributed by atoms with Crippen LogP contribution in [0.1, 0.15) is 83.1 Å². The Labute approximate surface area is 597 Å². The Morgan fingerprint density at radius 2 is 0.380 bits per heavy atom. The number of benzene rings is 10. The predicted molar refractivity (Wildman–Crippen MR) is 410 cm³/mol. The van der Waals surface area contributed by atoms with Gasteiger partial charge < -0.3 is 27.9 Å². The Kier molecular flexibility index (Phi) is 19.6. The van der Waals surface area contributed by atoms with Crippen LogP contribution >= 0.6 is 15.9 Å². The zero-order valence-electron chi connectivity index (χ0n) is 58.6. The van der Waals surface area contributed by atoms with E-state index in [1.54, 1.807) is 0 Å². The second-order valence-corrected chi connectivity index (χ2v) is 29.3. The molecule has 15 rings (SSSR count). The van der Waals surface area contributed by atoms with E-state index in [-0.39, 0.29) is 40.7 Å². The molecular weight excluding hydrogens is 1300 g/mol. The quantitative estimate of drug-likeness (QED) is 0.108. The van der Waals surface area contributed by atoms with Crippen LogP contribution in [-0.4, -0.2) is 84.6 Å². The molecule has 0 atom stereocenters. The largest absolute Gasteiger partial charge is 0.494 e. The predicted octanol–water partition coefficient (Wildman–Crippen LogP) is 19.7. The van der Waals surface area contributed by atoms with Gasteiger partial charge >= 0.3 is 21.1 Å². The Morgan fingerprint density at radius 1 is 0.210 bits per heavy atom. The fourth-order valence-corrected chi connectivity index (χ4v) is 11.9. The smallest absolute Gasteiger partial charge is 0.405 e. The number of nitrogens with zero attached hydrogens (tertiary/aromatic N) is 6. The maximum absolute atomic E-state index is 6.23. The summed E-state index contributed by atoms with van der Waals surface area (Å²) < 4.78 is 37.4. The van der Waals surface area contributed by atoms with Gasteiger partial charge in [0.2, 0.25) is 0 Å². The van der Waals surface area contributed by atoms with Crippen molar-refractivity contribution in [2.24, 2.45) is 0 Å². The molecule has 0 unspecified atom stereocenters. The lowest BCUT2D eigenvalue weighted by atomic mass is 9.49. The van der Waals surface area contributed by atoms with E-state index in [4.69, 9.17) is 57.8 Å². The molecule has 0 saturated carbocycles. The number of hydrogen-bond donors (Lipinski definition) is 0. The van der Waals surface area contributed by atoms with Crippen molar-refractivity contribution in [3.63, 3.8) is 0 Å². The second kappa shape index (κ2) is 28.4. The van der Waals surface area contributed by atoms with Gasteiger partial charge in [-0.05, 0) is 145 Å². The van der Waals surface area contributed by atoms with Gasteiger partial charge in [0.15, 0.2) is 34.9 Å². The van der Waals surface area contributed by atoms with Crippen molar-refractivity contribution in [1.29, 1.82) is 0 Å². The van der Waals surface area contributed by atoms with Crippen molar-refractivity contribution in [3.8, 4) is 113 Å². The minimum atomic E-state index is -0.476. The first-order valence-electron chi connectivity index (χ1n) is 34.0. The Balaban J connectivity index is 0.000000146.